The van der Waals surface area contributed by atoms with E-state index in [4.69, 9.17) is 16.0 Å². The molecule has 32 heavy (non-hydrogen) atoms. The molecule has 1 aliphatic carbocycles. The third-order valence-electron chi connectivity index (χ3n) is 6.83. The number of benzene rings is 1. The minimum Gasteiger partial charge on any atom is -0.455 e. The topological polar surface area (TPSA) is 48.7 Å². The van der Waals surface area contributed by atoms with E-state index in [1.54, 1.807) is 6.07 Å². The van der Waals surface area contributed by atoms with Gasteiger partial charge in [-0.2, -0.15) is 0 Å². The van der Waals surface area contributed by atoms with Gasteiger partial charge in [-0.3, -0.25) is 9.69 Å². The minimum atomic E-state index is -0.122. The lowest BCUT2D eigenvalue weighted by atomic mass is 9.93. The van der Waals surface area contributed by atoms with Gasteiger partial charge in [0.2, 0.25) is 0 Å². The van der Waals surface area contributed by atoms with Gasteiger partial charge < -0.3 is 14.6 Å². The number of nitrogens with one attached hydrogen (secondary N) is 1. The highest BCUT2D eigenvalue weighted by atomic mass is 35.5. The predicted octanol–water partition coefficient (Wildman–Crippen LogP) is 5.48. The zero-order valence-corrected chi connectivity index (χ0v) is 19.8. The van der Waals surface area contributed by atoms with Crippen LogP contribution in [0.3, 0.4) is 0 Å². The van der Waals surface area contributed by atoms with Gasteiger partial charge in [-0.1, -0.05) is 55.5 Å². The van der Waals surface area contributed by atoms with Gasteiger partial charge in [-0.15, -0.1) is 0 Å². The van der Waals surface area contributed by atoms with Crippen molar-refractivity contribution in [2.24, 2.45) is 0 Å². The Bertz CT molecular complexity index is 856. The van der Waals surface area contributed by atoms with Gasteiger partial charge in [0.25, 0.3) is 5.91 Å². The third kappa shape index (κ3) is 6.60. The number of likely N-dealkylation sites (tertiary alicyclic amines) is 1. The molecule has 1 aromatic heterocycles. The number of furan rings is 1. The Balaban J connectivity index is 1.34. The number of carbonyl (C=O) groups is 1. The quantitative estimate of drug-likeness (QED) is 0.541. The van der Waals surface area contributed by atoms with E-state index < -0.39 is 0 Å². The third-order valence-corrected chi connectivity index (χ3v) is 7.20. The summed E-state index contributed by atoms with van der Waals surface area (Å²) in [6, 6.07) is 12.3. The molecule has 0 spiro atoms. The first-order chi connectivity index (χ1) is 15.7. The zero-order valence-electron chi connectivity index (χ0n) is 19.0. The average Bonchev–Trinajstić information content (AvgIpc) is 3.30. The minimum absolute atomic E-state index is 0.122. The predicted molar refractivity (Wildman–Crippen MR) is 129 cm³/mol. The molecule has 2 heterocycles. The number of hydrogen-bond donors (Lipinski definition) is 1. The van der Waals surface area contributed by atoms with E-state index in [0.717, 1.165) is 42.5 Å². The molecule has 0 radical (unpaired) electrons. The van der Waals surface area contributed by atoms with Crippen LogP contribution in [-0.2, 0) is 13.1 Å². The highest BCUT2D eigenvalue weighted by molar-refractivity contribution is 6.31. The number of amides is 1. The SMILES string of the molecule is O=C(NCCN1CCCCC1)c1ccc(CN(Cc2ccccc2Cl)C2CCCCC2)o1. The molecule has 1 N–H and O–H groups in total. The molecule has 5 nitrogen and oxygen atoms in total. The summed E-state index contributed by atoms with van der Waals surface area (Å²) >= 11 is 6.45. The van der Waals surface area contributed by atoms with Crippen molar-refractivity contribution in [3.8, 4) is 0 Å². The van der Waals surface area contributed by atoms with E-state index in [1.807, 2.05) is 24.3 Å². The summed E-state index contributed by atoms with van der Waals surface area (Å²) in [5.41, 5.74) is 1.14. The number of nitrogens with zero attached hydrogens (tertiary/aromatic N) is 2. The Labute approximate surface area is 197 Å². The molecule has 174 valence electrons. The summed E-state index contributed by atoms with van der Waals surface area (Å²) < 4.78 is 5.98. The molecule has 2 aliphatic rings. The van der Waals surface area contributed by atoms with Crippen LogP contribution in [0.25, 0.3) is 0 Å². The van der Waals surface area contributed by atoms with Crippen LogP contribution in [0, 0.1) is 0 Å². The lowest BCUT2D eigenvalue weighted by Gasteiger charge is -2.34. The van der Waals surface area contributed by atoms with Crippen molar-refractivity contribution < 1.29 is 9.21 Å². The second-order valence-corrected chi connectivity index (χ2v) is 9.62. The van der Waals surface area contributed by atoms with Gasteiger partial charge in [0.1, 0.15) is 5.76 Å². The molecule has 1 saturated carbocycles. The van der Waals surface area contributed by atoms with Gasteiger partial charge in [-0.05, 0) is 62.5 Å². The molecule has 0 atom stereocenters. The molecule has 1 amide bonds. The second-order valence-electron chi connectivity index (χ2n) is 9.21. The van der Waals surface area contributed by atoms with Crippen molar-refractivity contribution in [1.82, 2.24) is 15.1 Å². The molecule has 6 heteroatoms. The summed E-state index contributed by atoms with van der Waals surface area (Å²) in [6.45, 7) is 5.34. The molecule has 1 saturated heterocycles. The van der Waals surface area contributed by atoms with Crippen molar-refractivity contribution in [3.63, 3.8) is 0 Å². The summed E-state index contributed by atoms with van der Waals surface area (Å²) in [5, 5.41) is 3.83. The summed E-state index contributed by atoms with van der Waals surface area (Å²) in [5.74, 6) is 1.12. The van der Waals surface area contributed by atoms with Crippen LogP contribution in [0.2, 0.25) is 5.02 Å². The lowest BCUT2D eigenvalue weighted by molar-refractivity contribution is 0.0909. The lowest BCUT2D eigenvalue weighted by Crippen LogP contribution is -2.37. The van der Waals surface area contributed by atoms with Crippen LogP contribution in [-0.4, -0.2) is 47.9 Å². The molecular formula is C26H36ClN3O2. The molecule has 1 aliphatic heterocycles. The Hall–Kier alpha value is -1.82. The van der Waals surface area contributed by atoms with Crippen molar-refractivity contribution in [2.45, 2.75) is 70.5 Å². The van der Waals surface area contributed by atoms with Gasteiger partial charge >= 0.3 is 0 Å². The van der Waals surface area contributed by atoms with Crippen LogP contribution in [0.4, 0.5) is 0 Å². The highest BCUT2D eigenvalue weighted by Crippen LogP contribution is 2.28. The normalized spacial score (nSPS) is 18.2. The molecule has 2 fully saturated rings. The fraction of sp³-hybridized carbons (Fsp3) is 0.577. The van der Waals surface area contributed by atoms with Crippen LogP contribution in [0.1, 0.15) is 73.2 Å². The van der Waals surface area contributed by atoms with E-state index in [0.29, 0.717) is 24.9 Å². The number of piperidine rings is 1. The Kier molecular flexibility index (Phi) is 8.66. The molecule has 2 aromatic rings. The largest absolute Gasteiger partial charge is 0.455 e. The number of hydrogen-bond acceptors (Lipinski definition) is 4. The summed E-state index contributed by atoms with van der Waals surface area (Å²) in [7, 11) is 0. The van der Waals surface area contributed by atoms with E-state index in [9.17, 15) is 4.79 Å². The van der Waals surface area contributed by atoms with Crippen LogP contribution in [0.5, 0.6) is 0 Å². The van der Waals surface area contributed by atoms with Crippen LogP contribution < -0.4 is 5.32 Å². The Morgan fingerprint density at radius 2 is 1.75 bits per heavy atom. The second kappa shape index (κ2) is 11.9. The van der Waals surface area contributed by atoms with Crippen LogP contribution in [0.15, 0.2) is 40.8 Å². The van der Waals surface area contributed by atoms with Gasteiger partial charge in [0, 0.05) is 30.7 Å². The number of rotatable bonds is 9. The van der Waals surface area contributed by atoms with Gasteiger partial charge in [0.15, 0.2) is 5.76 Å². The highest BCUT2D eigenvalue weighted by Gasteiger charge is 2.24. The Morgan fingerprint density at radius 1 is 1.00 bits per heavy atom. The maximum absolute atomic E-state index is 12.6. The first-order valence-electron chi connectivity index (χ1n) is 12.3. The molecule has 1 aromatic carbocycles. The molecular weight excluding hydrogens is 422 g/mol. The maximum atomic E-state index is 12.6. The van der Waals surface area contributed by atoms with Crippen molar-refractivity contribution in [1.29, 1.82) is 0 Å². The molecule has 0 bridgehead atoms. The van der Waals surface area contributed by atoms with Crippen molar-refractivity contribution in [2.75, 3.05) is 26.2 Å². The average molecular weight is 458 g/mol. The zero-order chi connectivity index (χ0) is 22.2. The molecule has 4 rings (SSSR count). The number of halogens is 1. The Morgan fingerprint density at radius 3 is 2.53 bits per heavy atom. The van der Waals surface area contributed by atoms with Gasteiger partial charge in [-0.25, -0.2) is 0 Å². The fourth-order valence-electron chi connectivity index (χ4n) is 4.99. The number of carbonyl (C=O) groups excluding carboxylic acids is 1. The smallest absolute Gasteiger partial charge is 0.287 e. The van der Waals surface area contributed by atoms with Gasteiger partial charge in [0.05, 0.1) is 6.54 Å². The van der Waals surface area contributed by atoms with Crippen molar-refractivity contribution in [3.05, 3.63) is 58.5 Å². The maximum Gasteiger partial charge on any atom is 0.287 e. The van der Waals surface area contributed by atoms with E-state index in [-0.39, 0.29) is 5.91 Å². The van der Waals surface area contributed by atoms with E-state index in [1.165, 1.54) is 51.4 Å². The van der Waals surface area contributed by atoms with E-state index >= 15 is 0 Å². The fourth-order valence-corrected chi connectivity index (χ4v) is 5.18. The standard InChI is InChI=1S/C26H36ClN3O2/c27-24-12-6-5-9-21(24)19-30(22-10-3-1-4-11-22)20-23-13-14-25(32-23)26(31)28-15-18-29-16-7-2-8-17-29/h5-6,9,12-14,22H,1-4,7-8,10-11,15-20H2,(H,28,31). The first-order valence-corrected chi connectivity index (χ1v) is 12.6. The monoisotopic (exact) mass is 457 g/mol. The van der Waals surface area contributed by atoms with Crippen molar-refractivity contribution >= 4 is 17.5 Å². The summed E-state index contributed by atoms with van der Waals surface area (Å²) in [4.78, 5) is 17.5. The van der Waals surface area contributed by atoms with Crippen LogP contribution >= 0.6 is 11.6 Å². The summed E-state index contributed by atoms with van der Waals surface area (Å²) in [6.07, 6.45) is 10.1. The first kappa shape index (κ1) is 23.3. The molecule has 0 unspecified atom stereocenters. The van der Waals surface area contributed by atoms with E-state index in [2.05, 4.69) is 21.2 Å².